The minimum atomic E-state index is 0.731. The maximum absolute atomic E-state index is 5.23. The molecule has 0 amide bonds. The number of imidazole rings is 1. The third-order valence-electron chi connectivity index (χ3n) is 3.47. The fourth-order valence-electron chi connectivity index (χ4n) is 2.29. The highest BCUT2D eigenvalue weighted by atomic mass is 16.5. The van der Waals surface area contributed by atoms with Crippen molar-refractivity contribution in [3.63, 3.8) is 0 Å². The van der Waals surface area contributed by atoms with Gasteiger partial charge in [-0.15, -0.1) is 0 Å². The van der Waals surface area contributed by atoms with Crippen molar-refractivity contribution in [1.82, 2.24) is 14.5 Å². The number of ether oxygens (including phenoxy) is 2. The van der Waals surface area contributed by atoms with E-state index >= 15 is 0 Å². The summed E-state index contributed by atoms with van der Waals surface area (Å²) in [5.41, 5.74) is 3.16. The van der Waals surface area contributed by atoms with Crippen LogP contribution in [0.4, 0.5) is 0 Å². The first-order chi connectivity index (χ1) is 10.8. The largest absolute Gasteiger partial charge is 0.497 e. The Balaban J connectivity index is 1.87. The molecule has 2 heterocycles. The van der Waals surface area contributed by atoms with Gasteiger partial charge in [-0.3, -0.25) is 4.98 Å². The monoisotopic (exact) mass is 295 g/mol. The van der Waals surface area contributed by atoms with E-state index in [9.17, 15) is 0 Å². The molecule has 0 fully saturated rings. The number of nitrogens with zero attached hydrogens (tertiary/aromatic N) is 3. The molecule has 112 valence electrons. The second-order valence-corrected chi connectivity index (χ2v) is 4.87. The Morgan fingerprint density at radius 1 is 0.909 bits per heavy atom. The van der Waals surface area contributed by atoms with E-state index in [1.807, 2.05) is 49.1 Å². The van der Waals surface area contributed by atoms with Crippen molar-refractivity contribution in [2.24, 2.45) is 0 Å². The summed E-state index contributed by atoms with van der Waals surface area (Å²) in [5.74, 6) is 1.58. The molecule has 0 radical (unpaired) electrons. The van der Waals surface area contributed by atoms with E-state index in [0.29, 0.717) is 0 Å². The summed E-state index contributed by atoms with van der Waals surface area (Å²) >= 11 is 0. The second kappa shape index (κ2) is 6.30. The van der Waals surface area contributed by atoms with Gasteiger partial charge >= 0.3 is 0 Å². The molecular weight excluding hydrogens is 278 g/mol. The summed E-state index contributed by atoms with van der Waals surface area (Å²) < 4.78 is 12.5. The van der Waals surface area contributed by atoms with Crippen LogP contribution < -0.4 is 9.47 Å². The minimum Gasteiger partial charge on any atom is -0.497 e. The highest BCUT2D eigenvalue weighted by molar-refractivity contribution is 5.59. The molecule has 0 bridgehead atoms. The van der Waals surface area contributed by atoms with E-state index in [1.54, 1.807) is 20.4 Å². The maximum atomic E-state index is 5.23. The molecule has 0 saturated carbocycles. The second-order valence-electron chi connectivity index (χ2n) is 4.87. The highest BCUT2D eigenvalue weighted by Gasteiger charge is 2.07. The Labute approximate surface area is 129 Å². The third-order valence-corrected chi connectivity index (χ3v) is 3.47. The summed E-state index contributed by atoms with van der Waals surface area (Å²) in [6, 6.07) is 9.96. The van der Waals surface area contributed by atoms with Gasteiger partial charge in [-0.05, 0) is 23.8 Å². The Hall–Kier alpha value is -2.82. The maximum Gasteiger partial charge on any atom is 0.137 e. The molecule has 0 atom stereocenters. The zero-order valence-electron chi connectivity index (χ0n) is 12.6. The summed E-state index contributed by atoms with van der Waals surface area (Å²) in [7, 11) is 3.30. The lowest BCUT2D eigenvalue weighted by atomic mass is 10.2. The van der Waals surface area contributed by atoms with E-state index in [0.717, 1.165) is 29.3 Å². The Morgan fingerprint density at radius 3 is 2.41 bits per heavy atom. The standard InChI is InChI=1S/C17H17N3O2/c1-21-15-5-3-13(4-6-15)11-20-12-19-10-17(20)14-7-16(22-2)9-18-8-14/h3-10,12H,11H2,1-2H3. The lowest BCUT2D eigenvalue weighted by Gasteiger charge is -2.09. The molecule has 3 rings (SSSR count). The average molecular weight is 295 g/mol. The first-order valence-corrected chi connectivity index (χ1v) is 6.92. The van der Waals surface area contributed by atoms with Crippen molar-refractivity contribution < 1.29 is 9.47 Å². The van der Waals surface area contributed by atoms with Gasteiger partial charge in [0.2, 0.25) is 0 Å². The van der Waals surface area contributed by atoms with E-state index < -0.39 is 0 Å². The normalized spacial score (nSPS) is 10.5. The predicted molar refractivity (Wildman–Crippen MR) is 84.1 cm³/mol. The third kappa shape index (κ3) is 2.93. The van der Waals surface area contributed by atoms with Gasteiger partial charge in [0, 0.05) is 18.3 Å². The molecular formula is C17H17N3O2. The molecule has 1 aromatic carbocycles. The number of hydrogen-bond acceptors (Lipinski definition) is 4. The van der Waals surface area contributed by atoms with Gasteiger partial charge in [-0.25, -0.2) is 4.98 Å². The number of hydrogen-bond donors (Lipinski definition) is 0. The molecule has 2 aromatic heterocycles. The first-order valence-electron chi connectivity index (χ1n) is 6.92. The van der Waals surface area contributed by atoms with E-state index in [1.165, 1.54) is 5.56 Å². The van der Waals surface area contributed by atoms with E-state index in [2.05, 4.69) is 14.5 Å². The van der Waals surface area contributed by atoms with Crippen LogP contribution in [0.2, 0.25) is 0 Å². The van der Waals surface area contributed by atoms with E-state index in [-0.39, 0.29) is 0 Å². The van der Waals surface area contributed by atoms with Gasteiger partial charge in [0.05, 0.1) is 38.6 Å². The molecule has 5 heteroatoms. The van der Waals surface area contributed by atoms with Crippen molar-refractivity contribution >= 4 is 0 Å². The molecule has 0 aliphatic rings. The fourth-order valence-corrected chi connectivity index (χ4v) is 2.29. The summed E-state index contributed by atoms with van der Waals surface area (Å²) in [6.07, 6.45) is 7.15. The number of aromatic nitrogens is 3. The van der Waals surface area contributed by atoms with Crippen LogP contribution in [-0.4, -0.2) is 28.8 Å². The van der Waals surface area contributed by atoms with Crippen LogP contribution in [0.1, 0.15) is 5.56 Å². The zero-order chi connectivity index (χ0) is 15.4. The van der Waals surface area contributed by atoms with E-state index in [4.69, 9.17) is 9.47 Å². The van der Waals surface area contributed by atoms with Crippen LogP contribution in [0, 0.1) is 0 Å². The fraction of sp³-hybridized carbons (Fsp3) is 0.176. The van der Waals surface area contributed by atoms with Gasteiger partial charge in [-0.2, -0.15) is 0 Å². The van der Waals surface area contributed by atoms with Crippen LogP contribution in [0.5, 0.6) is 11.5 Å². The number of methoxy groups -OCH3 is 2. The van der Waals surface area contributed by atoms with Gasteiger partial charge in [0.15, 0.2) is 0 Å². The Kier molecular flexibility index (Phi) is 4.05. The number of benzene rings is 1. The van der Waals surface area contributed by atoms with Gasteiger partial charge in [0.1, 0.15) is 11.5 Å². The Bertz CT molecular complexity index is 751. The Morgan fingerprint density at radius 2 is 1.68 bits per heavy atom. The predicted octanol–water partition coefficient (Wildman–Crippen LogP) is 3.01. The number of rotatable bonds is 5. The van der Waals surface area contributed by atoms with Gasteiger partial charge in [-0.1, -0.05) is 12.1 Å². The molecule has 22 heavy (non-hydrogen) atoms. The highest BCUT2D eigenvalue weighted by Crippen LogP contribution is 2.23. The molecule has 5 nitrogen and oxygen atoms in total. The van der Waals surface area contributed by atoms with Crippen molar-refractivity contribution in [3.8, 4) is 22.8 Å². The number of pyridine rings is 1. The average Bonchev–Trinajstić information content (AvgIpc) is 3.04. The molecule has 0 N–H and O–H groups in total. The van der Waals surface area contributed by atoms with Crippen LogP contribution in [0.15, 0.2) is 55.2 Å². The molecule has 0 aliphatic heterocycles. The molecule has 0 saturated heterocycles. The summed E-state index contributed by atoms with van der Waals surface area (Å²) in [4.78, 5) is 8.45. The van der Waals surface area contributed by atoms with Crippen LogP contribution >= 0.6 is 0 Å². The van der Waals surface area contributed by atoms with Gasteiger partial charge in [0.25, 0.3) is 0 Å². The lowest BCUT2D eigenvalue weighted by Crippen LogP contribution is -2.00. The smallest absolute Gasteiger partial charge is 0.137 e. The quantitative estimate of drug-likeness (QED) is 0.726. The lowest BCUT2D eigenvalue weighted by molar-refractivity contribution is 0.413. The SMILES string of the molecule is COc1ccc(Cn2cncc2-c2cncc(OC)c2)cc1. The van der Waals surface area contributed by atoms with Crippen molar-refractivity contribution in [2.45, 2.75) is 6.54 Å². The summed E-state index contributed by atoms with van der Waals surface area (Å²) in [6.45, 7) is 0.733. The first kappa shape index (κ1) is 14.1. The minimum absolute atomic E-state index is 0.731. The zero-order valence-corrected chi connectivity index (χ0v) is 12.6. The van der Waals surface area contributed by atoms with Crippen LogP contribution in [-0.2, 0) is 6.54 Å². The van der Waals surface area contributed by atoms with Crippen molar-refractivity contribution in [1.29, 1.82) is 0 Å². The molecule has 0 unspecified atom stereocenters. The molecule has 0 aliphatic carbocycles. The van der Waals surface area contributed by atoms with Gasteiger partial charge < -0.3 is 14.0 Å². The molecule has 0 spiro atoms. The van der Waals surface area contributed by atoms with Crippen molar-refractivity contribution in [2.75, 3.05) is 14.2 Å². The topological polar surface area (TPSA) is 49.2 Å². The van der Waals surface area contributed by atoms with Crippen LogP contribution in [0.3, 0.4) is 0 Å². The van der Waals surface area contributed by atoms with Crippen molar-refractivity contribution in [3.05, 3.63) is 60.8 Å². The van der Waals surface area contributed by atoms with Crippen LogP contribution in [0.25, 0.3) is 11.3 Å². The summed E-state index contributed by atoms with van der Waals surface area (Å²) in [5, 5.41) is 0. The molecule has 3 aromatic rings.